The summed E-state index contributed by atoms with van der Waals surface area (Å²) in [5, 5.41) is 12.2. The molecular formula is C14H15N3O. The van der Waals surface area contributed by atoms with Gasteiger partial charge in [0.2, 0.25) is 5.52 Å². The van der Waals surface area contributed by atoms with Gasteiger partial charge in [0.15, 0.2) is 5.52 Å². The molecule has 2 aromatic heterocycles. The smallest absolute Gasteiger partial charge is 0.260 e. The Morgan fingerprint density at radius 1 is 1.17 bits per heavy atom. The molecule has 3 aromatic rings. The minimum atomic E-state index is 0.623. The summed E-state index contributed by atoms with van der Waals surface area (Å²) in [5.41, 5.74) is 2.77. The van der Waals surface area contributed by atoms with Crippen molar-refractivity contribution in [3.63, 3.8) is 0 Å². The number of fused-ring (bicyclic) bond motifs is 2. The Balaban J connectivity index is 2.20. The van der Waals surface area contributed by atoms with Gasteiger partial charge in [0.25, 0.3) is 5.52 Å². The maximum Gasteiger partial charge on any atom is 0.260 e. The van der Waals surface area contributed by atoms with Crippen molar-refractivity contribution < 1.29 is 4.73 Å². The molecule has 0 N–H and O–H groups in total. The van der Waals surface area contributed by atoms with Gasteiger partial charge < -0.3 is 9.77 Å². The third kappa shape index (κ3) is 1.70. The molecule has 92 valence electrons. The van der Waals surface area contributed by atoms with Crippen LogP contribution in [-0.4, -0.2) is 9.55 Å². The summed E-state index contributed by atoms with van der Waals surface area (Å²) >= 11 is 0. The average Bonchev–Trinajstić information content (AvgIpc) is 2.80. The third-order valence-electron chi connectivity index (χ3n) is 3.17. The maximum absolute atomic E-state index is 12.2. The Kier molecular flexibility index (Phi) is 2.63. The first-order valence-electron chi connectivity index (χ1n) is 6.27. The Morgan fingerprint density at radius 3 is 2.83 bits per heavy atom. The second-order valence-electron chi connectivity index (χ2n) is 4.51. The largest absolute Gasteiger partial charge is 0.618 e. The molecule has 4 heteroatoms. The van der Waals surface area contributed by atoms with Crippen LogP contribution in [0.25, 0.3) is 22.1 Å². The first-order valence-corrected chi connectivity index (χ1v) is 6.27. The number of para-hydroxylation sites is 2. The van der Waals surface area contributed by atoms with Gasteiger partial charge in [-0.25, -0.2) is 4.98 Å². The van der Waals surface area contributed by atoms with E-state index in [1.807, 2.05) is 30.6 Å². The predicted octanol–water partition coefficient (Wildman–Crippen LogP) is 2.62. The summed E-state index contributed by atoms with van der Waals surface area (Å²) in [6, 6.07) is 7.43. The highest BCUT2D eigenvalue weighted by Crippen LogP contribution is 2.15. The van der Waals surface area contributed by atoms with Crippen molar-refractivity contribution in [2.24, 2.45) is 0 Å². The fourth-order valence-electron chi connectivity index (χ4n) is 2.19. The van der Waals surface area contributed by atoms with E-state index in [-0.39, 0.29) is 0 Å². The number of hydrogen-bond acceptors (Lipinski definition) is 2. The molecule has 0 aliphatic carbocycles. The summed E-state index contributed by atoms with van der Waals surface area (Å²) in [5.74, 6) is 0. The van der Waals surface area contributed by atoms with Gasteiger partial charge in [-0.1, -0.05) is 25.5 Å². The SMILES string of the molecule is CCCCn1cc2nc3ccccc3[n+]([O-])c2c1. The number of rotatable bonds is 3. The summed E-state index contributed by atoms with van der Waals surface area (Å²) in [7, 11) is 0. The second kappa shape index (κ2) is 4.29. The highest BCUT2D eigenvalue weighted by Gasteiger charge is 2.13. The van der Waals surface area contributed by atoms with E-state index in [1.165, 1.54) is 0 Å². The highest BCUT2D eigenvalue weighted by molar-refractivity contribution is 5.81. The summed E-state index contributed by atoms with van der Waals surface area (Å²) in [6.07, 6.45) is 6.09. The van der Waals surface area contributed by atoms with E-state index in [9.17, 15) is 5.21 Å². The molecule has 0 aliphatic heterocycles. The van der Waals surface area contributed by atoms with Crippen molar-refractivity contribution >= 4 is 22.1 Å². The van der Waals surface area contributed by atoms with Crippen LogP contribution in [0.5, 0.6) is 0 Å². The summed E-state index contributed by atoms with van der Waals surface area (Å²) in [4.78, 5) is 4.53. The van der Waals surface area contributed by atoms with Crippen molar-refractivity contribution in [1.82, 2.24) is 9.55 Å². The molecule has 2 heterocycles. The quantitative estimate of drug-likeness (QED) is 0.522. The molecule has 0 saturated carbocycles. The van der Waals surface area contributed by atoms with E-state index in [2.05, 4.69) is 16.5 Å². The highest BCUT2D eigenvalue weighted by atomic mass is 16.5. The molecule has 0 unspecified atom stereocenters. The molecule has 0 radical (unpaired) electrons. The van der Waals surface area contributed by atoms with Gasteiger partial charge in [-0.15, -0.1) is 0 Å². The van der Waals surface area contributed by atoms with Crippen LogP contribution in [0.2, 0.25) is 0 Å². The van der Waals surface area contributed by atoms with Gasteiger partial charge in [-0.3, -0.25) is 0 Å². The van der Waals surface area contributed by atoms with Crippen LogP contribution < -0.4 is 4.73 Å². The molecule has 0 bridgehead atoms. The van der Waals surface area contributed by atoms with Crippen molar-refractivity contribution in [2.75, 3.05) is 0 Å². The molecular weight excluding hydrogens is 226 g/mol. The molecule has 0 spiro atoms. The molecule has 0 amide bonds. The van der Waals surface area contributed by atoms with Crippen molar-refractivity contribution in [1.29, 1.82) is 0 Å². The van der Waals surface area contributed by atoms with Crippen LogP contribution in [-0.2, 0) is 6.54 Å². The van der Waals surface area contributed by atoms with Gasteiger partial charge in [-0.05, 0) is 12.5 Å². The maximum atomic E-state index is 12.2. The minimum absolute atomic E-state index is 0.623. The van der Waals surface area contributed by atoms with E-state index in [4.69, 9.17) is 0 Å². The van der Waals surface area contributed by atoms with Gasteiger partial charge in [0, 0.05) is 18.8 Å². The molecule has 18 heavy (non-hydrogen) atoms. The number of aryl methyl sites for hydroxylation is 1. The Morgan fingerprint density at radius 2 is 2.00 bits per heavy atom. The van der Waals surface area contributed by atoms with E-state index in [0.717, 1.165) is 35.2 Å². The summed E-state index contributed by atoms with van der Waals surface area (Å²) in [6.45, 7) is 3.09. The molecule has 4 nitrogen and oxygen atoms in total. The van der Waals surface area contributed by atoms with E-state index in [1.54, 1.807) is 6.07 Å². The van der Waals surface area contributed by atoms with Gasteiger partial charge >= 0.3 is 0 Å². The van der Waals surface area contributed by atoms with Gasteiger partial charge in [0.05, 0.1) is 6.20 Å². The van der Waals surface area contributed by atoms with Crippen LogP contribution in [0, 0.1) is 5.21 Å². The van der Waals surface area contributed by atoms with Gasteiger partial charge in [-0.2, -0.15) is 4.73 Å². The first-order chi connectivity index (χ1) is 8.79. The number of aromatic nitrogens is 3. The number of unbranched alkanes of at least 4 members (excludes halogenated alkanes) is 1. The molecule has 0 fully saturated rings. The topological polar surface area (TPSA) is 44.8 Å². The Hall–Kier alpha value is -2.10. The number of hydrogen-bond donors (Lipinski definition) is 0. The molecule has 0 aliphatic rings. The Labute approximate surface area is 105 Å². The van der Waals surface area contributed by atoms with E-state index >= 15 is 0 Å². The lowest BCUT2D eigenvalue weighted by Crippen LogP contribution is -2.28. The zero-order chi connectivity index (χ0) is 12.5. The first kappa shape index (κ1) is 11.0. The third-order valence-corrected chi connectivity index (χ3v) is 3.17. The zero-order valence-corrected chi connectivity index (χ0v) is 10.3. The fourth-order valence-corrected chi connectivity index (χ4v) is 2.19. The average molecular weight is 241 g/mol. The van der Waals surface area contributed by atoms with Crippen LogP contribution in [0.4, 0.5) is 0 Å². The second-order valence-corrected chi connectivity index (χ2v) is 4.51. The number of benzene rings is 1. The van der Waals surface area contributed by atoms with Gasteiger partial charge in [0.1, 0.15) is 5.52 Å². The lowest BCUT2D eigenvalue weighted by Gasteiger charge is -2.01. The van der Waals surface area contributed by atoms with Crippen LogP contribution in [0.15, 0.2) is 36.7 Å². The fraction of sp³-hybridized carbons (Fsp3) is 0.286. The monoisotopic (exact) mass is 241 g/mol. The lowest BCUT2D eigenvalue weighted by molar-refractivity contribution is -0.548. The van der Waals surface area contributed by atoms with Crippen molar-refractivity contribution in [2.45, 2.75) is 26.3 Å². The summed E-state index contributed by atoms with van der Waals surface area (Å²) < 4.78 is 3.02. The molecule has 1 aromatic carbocycles. The van der Waals surface area contributed by atoms with Crippen LogP contribution >= 0.6 is 0 Å². The van der Waals surface area contributed by atoms with Crippen molar-refractivity contribution in [3.8, 4) is 0 Å². The predicted molar refractivity (Wildman–Crippen MR) is 71.1 cm³/mol. The standard InChI is InChI=1S/C14H15N3O/c1-2-3-8-16-9-12-14(10-16)17(18)13-7-5-4-6-11(13)15-12/h4-7,9-10H,2-3,8H2,1H3. The normalized spacial score (nSPS) is 11.4. The van der Waals surface area contributed by atoms with Crippen LogP contribution in [0.1, 0.15) is 19.8 Å². The van der Waals surface area contributed by atoms with Crippen LogP contribution in [0.3, 0.4) is 0 Å². The van der Waals surface area contributed by atoms with Crippen molar-refractivity contribution in [3.05, 3.63) is 41.9 Å². The van der Waals surface area contributed by atoms with E-state index in [0.29, 0.717) is 11.0 Å². The molecule has 3 rings (SSSR count). The molecule has 0 atom stereocenters. The zero-order valence-electron chi connectivity index (χ0n) is 10.3. The number of nitrogens with zero attached hydrogens (tertiary/aromatic N) is 3. The lowest BCUT2D eigenvalue weighted by atomic mass is 10.3. The molecule has 0 saturated heterocycles. The van der Waals surface area contributed by atoms with E-state index < -0.39 is 0 Å². The Bertz CT molecular complexity index is 703. The minimum Gasteiger partial charge on any atom is -0.618 e.